The zero-order valence-corrected chi connectivity index (χ0v) is 22.2. The quantitative estimate of drug-likeness (QED) is 0.268. The van der Waals surface area contributed by atoms with Gasteiger partial charge in [0, 0.05) is 37.1 Å². The first-order valence-corrected chi connectivity index (χ1v) is 13.2. The number of hydrogen-bond acceptors (Lipinski definition) is 7. The van der Waals surface area contributed by atoms with E-state index in [4.69, 9.17) is 4.98 Å². The van der Waals surface area contributed by atoms with Gasteiger partial charge in [-0.05, 0) is 72.6 Å². The van der Waals surface area contributed by atoms with Crippen molar-refractivity contribution >= 4 is 22.8 Å². The molecule has 1 N–H and O–H groups in total. The molecule has 15 heteroatoms. The van der Waals surface area contributed by atoms with Crippen LogP contribution in [0.4, 0.5) is 38.1 Å². The Morgan fingerprint density at radius 1 is 0.927 bits per heavy atom. The number of hydrogen-bond donors (Lipinski definition) is 1. The number of nitrogens with zero attached hydrogens (tertiary/aromatic N) is 8. The van der Waals surface area contributed by atoms with Crippen molar-refractivity contribution in [3.05, 3.63) is 52.7 Å². The highest BCUT2D eigenvalue weighted by Crippen LogP contribution is 2.46. The third-order valence-electron chi connectivity index (χ3n) is 7.51. The molecule has 0 bridgehead atoms. The van der Waals surface area contributed by atoms with Gasteiger partial charge in [-0.2, -0.15) is 36.2 Å². The van der Waals surface area contributed by atoms with Crippen molar-refractivity contribution < 1.29 is 26.3 Å². The van der Waals surface area contributed by atoms with Gasteiger partial charge in [-0.15, -0.1) is 5.10 Å². The molecule has 0 aliphatic heterocycles. The highest BCUT2D eigenvalue weighted by atomic mass is 19.4. The minimum Gasteiger partial charge on any atom is -0.366 e. The number of alkyl halides is 6. The summed E-state index contributed by atoms with van der Waals surface area (Å²) in [5, 5.41) is 20.7. The summed E-state index contributed by atoms with van der Waals surface area (Å²) in [6.07, 6.45) is -3.75. The maximum absolute atomic E-state index is 13.6. The molecular weight excluding hydrogens is 552 g/mol. The molecular formula is C26H27F6N9. The number of aromatic nitrogens is 7. The van der Waals surface area contributed by atoms with Gasteiger partial charge in [0.25, 0.3) is 5.95 Å². The molecule has 4 aromatic rings. The lowest BCUT2D eigenvalue weighted by atomic mass is 10.0. The van der Waals surface area contributed by atoms with Crippen molar-refractivity contribution in [3.63, 3.8) is 0 Å². The number of pyridine rings is 1. The summed E-state index contributed by atoms with van der Waals surface area (Å²) in [5.41, 5.74) is -1.62. The van der Waals surface area contributed by atoms with E-state index < -0.39 is 23.5 Å². The lowest BCUT2D eigenvalue weighted by molar-refractivity contribution is -0.143. The molecule has 2 aliphatic carbocycles. The summed E-state index contributed by atoms with van der Waals surface area (Å²) in [4.78, 5) is 7.52. The predicted molar refractivity (Wildman–Crippen MR) is 136 cm³/mol. The lowest BCUT2D eigenvalue weighted by Gasteiger charge is -2.25. The SMILES string of the molecule is Cn1nnc(N(Cc2cc(C(F)(F)F)cc(C(F)(F)F)c2)Cc2cc3cnn(C)c3nc2NC(C2CC2)C2CC2)n1. The summed E-state index contributed by atoms with van der Waals surface area (Å²) in [5.74, 6) is 1.74. The summed E-state index contributed by atoms with van der Waals surface area (Å²) < 4.78 is 83.1. The first-order chi connectivity index (χ1) is 19.3. The maximum Gasteiger partial charge on any atom is 0.416 e. The number of aryl methyl sites for hydroxylation is 2. The average molecular weight is 580 g/mol. The number of benzene rings is 1. The van der Waals surface area contributed by atoms with E-state index >= 15 is 0 Å². The molecule has 2 saturated carbocycles. The van der Waals surface area contributed by atoms with Gasteiger partial charge in [0.05, 0.1) is 24.4 Å². The Kier molecular flexibility index (Phi) is 6.57. The molecule has 0 amide bonds. The van der Waals surface area contributed by atoms with Crippen LogP contribution in [-0.2, 0) is 39.5 Å². The molecule has 218 valence electrons. The smallest absolute Gasteiger partial charge is 0.366 e. The molecule has 2 aliphatic rings. The van der Waals surface area contributed by atoms with Crippen molar-refractivity contribution in [1.29, 1.82) is 0 Å². The van der Waals surface area contributed by atoms with Crippen LogP contribution in [0.2, 0.25) is 0 Å². The predicted octanol–water partition coefficient (Wildman–Crippen LogP) is 5.34. The highest BCUT2D eigenvalue weighted by Gasteiger charge is 2.42. The second-order valence-corrected chi connectivity index (χ2v) is 10.9. The number of anilines is 2. The molecule has 2 fully saturated rings. The Morgan fingerprint density at radius 3 is 2.10 bits per heavy atom. The van der Waals surface area contributed by atoms with Crippen molar-refractivity contribution in [2.24, 2.45) is 25.9 Å². The van der Waals surface area contributed by atoms with Gasteiger partial charge in [0.1, 0.15) is 5.82 Å². The maximum atomic E-state index is 13.6. The number of fused-ring (bicyclic) bond motifs is 1. The van der Waals surface area contributed by atoms with Crippen LogP contribution in [-0.4, -0.2) is 41.0 Å². The Hall–Kier alpha value is -3.91. The fraction of sp³-hybridized carbons (Fsp3) is 0.500. The Balaban J connectivity index is 1.40. The highest BCUT2D eigenvalue weighted by molar-refractivity contribution is 5.78. The largest absolute Gasteiger partial charge is 0.416 e. The second kappa shape index (κ2) is 9.87. The van der Waals surface area contributed by atoms with Crippen LogP contribution >= 0.6 is 0 Å². The lowest BCUT2D eigenvalue weighted by Crippen LogP contribution is -2.28. The van der Waals surface area contributed by atoms with E-state index in [1.807, 2.05) is 6.07 Å². The number of rotatable bonds is 9. The molecule has 3 aromatic heterocycles. The number of nitrogens with one attached hydrogen (secondary N) is 1. The molecule has 0 radical (unpaired) electrons. The van der Waals surface area contributed by atoms with Crippen molar-refractivity contribution in [1.82, 2.24) is 35.0 Å². The molecule has 0 spiro atoms. The van der Waals surface area contributed by atoms with Gasteiger partial charge >= 0.3 is 12.4 Å². The number of halogens is 6. The van der Waals surface area contributed by atoms with E-state index in [1.54, 1.807) is 17.9 Å². The van der Waals surface area contributed by atoms with Crippen LogP contribution < -0.4 is 10.2 Å². The van der Waals surface area contributed by atoms with E-state index in [0.29, 0.717) is 28.9 Å². The summed E-state index contributed by atoms with van der Waals surface area (Å²) >= 11 is 0. The van der Waals surface area contributed by atoms with E-state index in [0.717, 1.165) is 43.2 Å². The zero-order valence-electron chi connectivity index (χ0n) is 22.2. The zero-order chi connectivity index (χ0) is 29.1. The van der Waals surface area contributed by atoms with Crippen molar-refractivity contribution in [2.75, 3.05) is 10.2 Å². The van der Waals surface area contributed by atoms with E-state index in [2.05, 4.69) is 25.8 Å². The Morgan fingerprint density at radius 2 is 1.56 bits per heavy atom. The monoisotopic (exact) mass is 579 g/mol. The third-order valence-corrected chi connectivity index (χ3v) is 7.51. The van der Waals surface area contributed by atoms with Crippen LogP contribution in [0.1, 0.15) is 47.9 Å². The second-order valence-electron chi connectivity index (χ2n) is 10.9. The molecule has 3 heterocycles. The van der Waals surface area contributed by atoms with Gasteiger partial charge in [0.2, 0.25) is 0 Å². The fourth-order valence-corrected chi connectivity index (χ4v) is 5.19. The third kappa shape index (κ3) is 5.93. The topological polar surface area (TPSA) is 89.6 Å². The van der Waals surface area contributed by atoms with Crippen LogP contribution in [0.3, 0.4) is 0 Å². The van der Waals surface area contributed by atoms with Crippen LogP contribution in [0, 0.1) is 11.8 Å². The first kappa shape index (κ1) is 27.3. The average Bonchev–Trinajstić information content (AvgIpc) is 3.83. The fourth-order valence-electron chi connectivity index (χ4n) is 5.19. The van der Waals surface area contributed by atoms with Gasteiger partial charge in [-0.3, -0.25) is 4.68 Å². The van der Waals surface area contributed by atoms with E-state index in [9.17, 15) is 26.3 Å². The Labute approximate surface area is 230 Å². The Bertz CT molecular complexity index is 1520. The van der Waals surface area contributed by atoms with Gasteiger partial charge in [-0.25, -0.2) is 4.98 Å². The first-order valence-electron chi connectivity index (χ1n) is 13.2. The van der Waals surface area contributed by atoms with Gasteiger partial charge in [-0.1, -0.05) is 5.10 Å². The van der Waals surface area contributed by atoms with Gasteiger partial charge < -0.3 is 10.2 Å². The molecule has 6 rings (SSSR count). The minimum atomic E-state index is -4.96. The van der Waals surface area contributed by atoms with E-state index in [-0.39, 0.29) is 36.7 Å². The molecule has 1 aromatic carbocycles. The summed E-state index contributed by atoms with van der Waals surface area (Å²) in [6.45, 7) is -0.288. The summed E-state index contributed by atoms with van der Waals surface area (Å²) in [7, 11) is 3.30. The van der Waals surface area contributed by atoms with Crippen LogP contribution in [0.25, 0.3) is 11.0 Å². The van der Waals surface area contributed by atoms with Crippen molar-refractivity contribution in [2.45, 2.75) is 57.2 Å². The molecule has 0 unspecified atom stereocenters. The normalized spacial score (nSPS) is 16.1. The molecule has 41 heavy (non-hydrogen) atoms. The molecule has 0 atom stereocenters. The van der Waals surface area contributed by atoms with Crippen molar-refractivity contribution in [3.8, 4) is 0 Å². The van der Waals surface area contributed by atoms with Crippen LogP contribution in [0.5, 0.6) is 0 Å². The molecule has 9 nitrogen and oxygen atoms in total. The minimum absolute atomic E-state index is 0.0471. The molecule has 0 saturated heterocycles. The van der Waals surface area contributed by atoms with Gasteiger partial charge in [0.15, 0.2) is 5.65 Å². The van der Waals surface area contributed by atoms with E-state index in [1.165, 1.54) is 16.7 Å². The van der Waals surface area contributed by atoms with Crippen LogP contribution in [0.15, 0.2) is 30.5 Å². The summed E-state index contributed by atoms with van der Waals surface area (Å²) in [6, 6.07) is 3.68. The standard InChI is InChI=1S/C26H27F6N9/c1-39-23-17(11-33-39)9-18(22(35-23)34-21(15-3-4-15)16-5-6-16)13-41(24-36-38-40(2)37-24)12-14-7-19(25(27,28)29)10-20(8-14)26(30,31)32/h7-11,15-16,21H,3-6,12-13H2,1-2H3,(H,34,35). The number of tetrazole rings is 1.